The fraction of sp³-hybridized carbons (Fsp3) is 0.286. The van der Waals surface area contributed by atoms with E-state index in [1.807, 2.05) is 48.2 Å². The molecule has 1 aliphatic rings. The van der Waals surface area contributed by atoms with Crippen LogP contribution < -0.4 is 10.2 Å². The Kier molecular flexibility index (Phi) is 5.64. The van der Waals surface area contributed by atoms with Crippen molar-refractivity contribution in [1.29, 1.82) is 0 Å². The first-order chi connectivity index (χ1) is 13.6. The van der Waals surface area contributed by atoms with Gasteiger partial charge in [-0.25, -0.2) is 0 Å². The fourth-order valence-electron chi connectivity index (χ4n) is 3.40. The number of hydrogen-bond acceptors (Lipinski definition) is 6. The lowest BCUT2D eigenvalue weighted by atomic mass is 10.1. The molecular weight excluding hydrogens is 388 g/mol. The van der Waals surface area contributed by atoms with Crippen molar-refractivity contribution in [3.63, 3.8) is 0 Å². The van der Waals surface area contributed by atoms with Crippen molar-refractivity contribution in [1.82, 2.24) is 10.2 Å². The minimum Gasteiger partial charge on any atom is -0.356 e. The molecule has 3 aromatic rings. The van der Waals surface area contributed by atoms with E-state index in [4.69, 9.17) is 0 Å². The van der Waals surface area contributed by atoms with E-state index in [1.165, 1.54) is 34.2 Å². The van der Waals surface area contributed by atoms with E-state index >= 15 is 0 Å². The van der Waals surface area contributed by atoms with Crippen molar-refractivity contribution in [2.75, 3.05) is 10.2 Å². The molecule has 1 aliphatic heterocycles. The molecule has 2 aromatic carbocycles. The molecule has 0 unspecified atom stereocenters. The highest BCUT2D eigenvalue weighted by Crippen LogP contribution is 2.35. The van der Waals surface area contributed by atoms with E-state index in [0.717, 1.165) is 21.6 Å². The molecule has 2 atom stereocenters. The number of benzene rings is 2. The minimum atomic E-state index is -0.219. The van der Waals surface area contributed by atoms with Crippen LogP contribution in [-0.4, -0.2) is 27.4 Å². The molecule has 0 spiro atoms. The second-order valence-electron chi connectivity index (χ2n) is 6.86. The number of para-hydroxylation sites is 1. The van der Waals surface area contributed by atoms with Crippen LogP contribution in [0.25, 0.3) is 0 Å². The molecule has 1 amide bonds. The van der Waals surface area contributed by atoms with Gasteiger partial charge in [0.2, 0.25) is 11.0 Å². The average Bonchev–Trinajstić information content (AvgIpc) is 3.29. The summed E-state index contributed by atoms with van der Waals surface area (Å²) in [5, 5.41) is 12.3. The molecule has 0 saturated heterocycles. The lowest BCUT2D eigenvalue weighted by Crippen LogP contribution is -2.40. The summed E-state index contributed by atoms with van der Waals surface area (Å²) in [6, 6.07) is 18.5. The number of amides is 1. The van der Waals surface area contributed by atoms with Crippen LogP contribution in [0, 0.1) is 0 Å². The summed E-state index contributed by atoms with van der Waals surface area (Å²) in [5.74, 6) is 0.122. The SMILES string of the molecule is C[C@@H](Sc1nnc(NCc2ccccc2)s1)C(=O)N1c2ccccc2C[C@@H]1C. The van der Waals surface area contributed by atoms with Gasteiger partial charge >= 0.3 is 0 Å². The Labute approximate surface area is 173 Å². The van der Waals surface area contributed by atoms with Crippen LogP contribution in [0.5, 0.6) is 0 Å². The Bertz CT molecular complexity index is 960. The van der Waals surface area contributed by atoms with Crippen molar-refractivity contribution in [3.05, 3.63) is 65.7 Å². The highest BCUT2D eigenvalue weighted by molar-refractivity contribution is 8.02. The first-order valence-electron chi connectivity index (χ1n) is 9.31. The monoisotopic (exact) mass is 410 g/mol. The van der Waals surface area contributed by atoms with E-state index in [-0.39, 0.29) is 17.2 Å². The van der Waals surface area contributed by atoms with Gasteiger partial charge in [0, 0.05) is 18.3 Å². The largest absolute Gasteiger partial charge is 0.356 e. The maximum atomic E-state index is 13.1. The number of nitrogens with zero attached hydrogens (tertiary/aromatic N) is 3. The Morgan fingerprint density at radius 1 is 1.21 bits per heavy atom. The Morgan fingerprint density at radius 3 is 2.79 bits per heavy atom. The van der Waals surface area contributed by atoms with E-state index in [2.05, 4.69) is 40.6 Å². The molecule has 0 fully saturated rings. The molecule has 4 rings (SSSR count). The summed E-state index contributed by atoms with van der Waals surface area (Å²) in [6.45, 7) is 4.75. The van der Waals surface area contributed by atoms with Crippen LogP contribution >= 0.6 is 23.1 Å². The quantitative estimate of drug-likeness (QED) is 0.602. The third kappa shape index (κ3) is 4.05. The Hall–Kier alpha value is -2.38. The highest BCUT2D eigenvalue weighted by Gasteiger charge is 2.33. The van der Waals surface area contributed by atoms with E-state index in [0.29, 0.717) is 6.54 Å². The number of nitrogens with one attached hydrogen (secondary N) is 1. The maximum Gasteiger partial charge on any atom is 0.240 e. The predicted molar refractivity (Wildman–Crippen MR) is 116 cm³/mol. The number of carbonyl (C=O) groups is 1. The van der Waals surface area contributed by atoms with Gasteiger partial charge in [-0.05, 0) is 37.5 Å². The molecule has 0 saturated carbocycles. The zero-order chi connectivity index (χ0) is 19.5. The smallest absolute Gasteiger partial charge is 0.240 e. The maximum absolute atomic E-state index is 13.1. The van der Waals surface area contributed by atoms with Gasteiger partial charge in [-0.2, -0.15) is 0 Å². The van der Waals surface area contributed by atoms with Gasteiger partial charge in [0.25, 0.3) is 0 Å². The summed E-state index contributed by atoms with van der Waals surface area (Å²) >= 11 is 2.96. The fourth-order valence-corrected chi connectivity index (χ4v) is 5.34. The summed E-state index contributed by atoms with van der Waals surface area (Å²) in [6.07, 6.45) is 0.908. The molecule has 1 N–H and O–H groups in total. The molecular formula is C21H22N4OS2. The van der Waals surface area contributed by atoms with Gasteiger partial charge in [0.05, 0.1) is 5.25 Å². The molecule has 28 heavy (non-hydrogen) atoms. The van der Waals surface area contributed by atoms with Crippen LogP contribution in [-0.2, 0) is 17.8 Å². The van der Waals surface area contributed by atoms with Gasteiger partial charge in [-0.3, -0.25) is 4.79 Å². The van der Waals surface area contributed by atoms with Crippen molar-refractivity contribution in [3.8, 4) is 0 Å². The average molecular weight is 411 g/mol. The highest BCUT2D eigenvalue weighted by atomic mass is 32.2. The predicted octanol–water partition coefficient (Wildman–Crippen LogP) is 4.61. The second-order valence-corrected chi connectivity index (χ2v) is 9.43. The molecule has 5 nitrogen and oxygen atoms in total. The number of hydrogen-bond donors (Lipinski definition) is 1. The zero-order valence-electron chi connectivity index (χ0n) is 15.8. The zero-order valence-corrected chi connectivity index (χ0v) is 17.5. The third-order valence-electron chi connectivity index (χ3n) is 4.76. The van der Waals surface area contributed by atoms with Gasteiger partial charge in [-0.15, -0.1) is 10.2 Å². The lowest BCUT2D eigenvalue weighted by molar-refractivity contribution is -0.118. The summed E-state index contributed by atoms with van der Waals surface area (Å²) in [4.78, 5) is 15.0. The first-order valence-corrected chi connectivity index (χ1v) is 11.0. The van der Waals surface area contributed by atoms with E-state index in [9.17, 15) is 4.79 Å². The van der Waals surface area contributed by atoms with Crippen LogP contribution in [0.15, 0.2) is 58.9 Å². The number of anilines is 2. The van der Waals surface area contributed by atoms with Crippen molar-refractivity contribution < 1.29 is 4.79 Å². The van der Waals surface area contributed by atoms with Crippen molar-refractivity contribution >= 4 is 39.8 Å². The second kappa shape index (κ2) is 8.32. The molecule has 1 aromatic heterocycles. The third-order valence-corrected chi connectivity index (χ3v) is 6.82. The minimum absolute atomic E-state index is 0.122. The number of aromatic nitrogens is 2. The van der Waals surface area contributed by atoms with Crippen LogP contribution in [0.2, 0.25) is 0 Å². The summed E-state index contributed by atoms with van der Waals surface area (Å²) < 4.78 is 0.802. The van der Waals surface area contributed by atoms with Gasteiger partial charge < -0.3 is 10.2 Å². The summed E-state index contributed by atoms with van der Waals surface area (Å²) in [5.41, 5.74) is 3.47. The summed E-state index contributed by atoms with van der Waals surface area (Å²) in [7, 11) is 0. The molecule has 2 heterocycles. The van der Waals surface area contributed by atoms with Crippen molar-refractivity contribution in [2.45, 2.75) is 42.4 Å². The van der Waals surface area contributed by atoms with Crippen molar-refractivity contribution in [2.24, 2.45) is 0 Å². The standard InChI is InChI=1S/C21H22N4OS2/c1-14-12-17-10-6-7-11-18(17)25(14)19(26)15(2)27-21-24-23-20(28-21)22-13-16-8-4-3-5-9-16/h3-11,14-15H,12-13H2,1-2H3,(H,22,23)/t14-,15+/m0/s1. The molecule has 0 bridgehead atoms. The first kappa shape index (κ1) is 19.0. The molecule has 0 aliphatic carbocycles. The molecule has 0 radical (unpaired) electrons. The van der Waals surface area contributed by atoms with E-state index < -0.39 is 0 Å². The lowest BCUT2D eigenvalue weighted by Gasteiger charge is -2.25. The molecule has 144 valence electrons. The van der Waals surface area contributed by atoms with Crippen LogP contribution in [0.3, 0.4) is 0 Å². The van der Waals surface area contributed by atoms with Crippen LogP contribution in [0.1, 0.15) is 25.0 Å². The van der Waals surface area contributed by atoms with Gasteiger partial charge in [-0.1, -0.05) is 71.6 Å². The van der Waals surface area contributed by atoms with Crippen LogP contribution in [0.4, 0.5) is 10.8 Å². The number of thioether (sulfide) groups is 1. The van der Waals surface area contributed by atoms with Gasteiger partial charge in [0.1, 0.15) is 0 Å². The number of rotatable bonds is 6. The topological polar surface area (TPSA) is 58.1 Å². The normalized spacial score (nSPS) is 16.6. The Balaban J connectivity index is 1.38. The Morgan fingerprint density at radius 2 is 1.96 bits per heavy atom. The van der Waals surface area contributed by atoms with Gasteiger partial charge in [0.15, 0.2) is 4.34 Å². The van der Waals surface area contributed by atoms with E-state index in [1.54, 1.807) is 0 Å². The number of carbonyl (C=O) groups excluding carboxylic acids is 1. The number of fused-ring (bicyclic) bond motifs is 1. The molecule has 7 heteroatoms.